The zero-order valence-electron chi connectivity index (χ0n) is 10.4. The van der Waals surface area contributed by atoms with Gasteiger partial charge in [0.1, 0.15) is 5.01 Å². The van der Waals surface area contributed by atoms with Gasteiger partial charge in [-0.1, -0.05) is 36.5 Å². The summed E-state index contributed by atoms with van der Waals surface area (Å²) in [7, 11) is 0. The minimum absolute atomic E-state index is 0.800. The standard InChI is InChI=1S/C13H16N4S/c1-2-11-16-17-13(18-11)15-8-10-5-3-4-9-6-7-14-12(9)10/h3-5,14H,2,6-8H2,1H3,(H,15,17). The summed E-state index contributed by atoms with van der Waals surface area (Å²) in [6, 6.07) is 6.48. The van der Waals surface area contributed by atoms with Crippen LogP contribution >= 0.6 is 11.3 Å². The van der Waals surface area contributed by atoms with Crippen LogP contribution in [0.4, 0.5) is 10.8 Å². The van der Waals surface area contributed by atoms with E-state index in [9.17, 15) is 0 Å². The number of hydrogen-bond donors (Lipinski definition) is 2. The predicted octanol–water partition coefficient (Wildman–Crippen LogP) is 2.68. The van der Waals surface area contributed by atoms with Crippen LogP contribution in [0.15, 0.2) is 18.2 Å². The maximum absolute atomic E-state index is 4.13. The maximum atomic E-state index is 4.13. The van der Waals surface area contributed by atoms with Gasteiger partial charge in [0.05, 0.1) is 0 Å². The Kier molecular flexibility index (Phi) is 3.15. The molecule has 2 aromatic rings. The summed E-state index contributed by atoms with van der Waals surface area (Å²) in [6.45, 7) is 3.94. The number of aromatic nitrogens is 2. The molecule has 0 fully saturated rings. The molecule has 5 heteroatoms. The van der Waals surface area contributed by atoms with Gasteiger partial charge >= 0.3 is 0 Å². The molecule has 0 radical (unpaired) electrons. The number of nitrogens with one attached hydrogen (secondary N) is 2. The van der Waals surface area contributed by atoms with Crippen LogP contribution < -0.4 is 10.6 Å². The van der Waals surface area contributed by atoms with Crippen LogP contribution in [-0.4, -0.2) is 16.7 Å². The highest BCUT2D eigenvalue weighted by molar-refractivity contribution is 7.15. The SMILES string of the molecule is CCc1nnc(NCc2cccc3c2NCC3)s1. The number of nitrogens with zero attached hydrogens (tertiary/aromatic N) is 2. The molecule has 0 unspecified atom stereocenters. The zero-order valence-corrected chi connectivity index (χ0v) is 11.2. The van der Waals surface area contributed by atoms with Crippen molar-refractivity contribution in [2.24, 2.45) is 0 Å². The molecule has 0 amide bonds. The minimum atomic E-state index is 0.800. The quantitative estimate of drug-likeness (QED) is 0.887. The Morgan fingerprint density at radius 2 is 2.33 bits per heavy atom. The van der Waals surface area contributed by atoms with E-state index in [1.807, 2.05) is 0 Å². The Hall–Kier alpha value is -1.62. The van der Waals surface area contributed by atoms with Crippen LogP contribution in [0, 0.1) is 0 Å². The van der Waals surface area contributed by atoms with Gasteiger partial charge in [0.15, 0.2) is 0 Å². The van der Waals surface area contributed by atoms with Gasteiger partial charge in [-0.2, -0.15) is 0 Å². The number of fused-ring (bicyclic) bond motifs is 1. The fourth-order valence-corrected chi connectivity index (χ4v) is 2.87. The van der Waals surface area contributed by atoms with E-state index in [1.165, 1.54) is 16.8 Å². The first-order chi connectivity index (χ1) is 8.86. The fourth-order valence-electron chi connectivity index (χ4n) is 2.20. The van der Waals surface area contributed by atoms with Crippen molar-refractivity contribution in [2.45, 2.75) is 26.3 Å². The van der Waals surface area contributed by atoms with Crippen LogP contribution in [0.2, 0.25) is 0 Å². The van der Waals surface area contributed by atoms with Gasteiger partial charge in [-0.3, -0.25) is 0 Å². The summed E-state index contributed by atoms with van der Waals surface area (Å²) in [4.78, 5) is 0. The maximum Gasteiger partial charge on any atom is 0.205 e. The van der Waals surface area contributed by atoms with Gasteiger partial charge in [-0.15, -0.1) is 10.2 Å². The molecule has 3 rings (SSSR count). The predicted molar refractivity (Wildman–Crippen MR) is 75.2 cm³/mol. The Morgan fingerprint density at radius 3 is 3.17 bits per heavy atom. The Morgan fingerprint density at radius 1 is 1.39 bits per heavy atom. The van der Waals surface area contributed by atoms with E-state index in [0.717, 1.165) is 36.1 Å². The van der Waals surface area contributed by atoms with Crippen LogP contribution in [0.1, 0.15) is 23.1 Å². The lowest BCUT2D eigenvalue weighted by Gasteiger charge is -2.08. The molecule has 0 saturated carbocycles. The van der Waals surface area contributed by atoms with Crippen LogP contribution in [0.3, 0.4) is 0 Å². The number of anilines is 2. The summed E-state index contributed by atoms with van der Waals surface area (Å²) in [6.07, 6.45) is 2.07. The smallest absolute Gasteiger partial charge is 0.205 e. The second-order valence-electron chi connectivity index (χ2n) is 4.34. The van der Waals surface area contributed by atoms with Crippen molar-refractivity contribution in [3.63, 3.8) is 0 Å². The lowest BCUT2D eigenvalue weighted by molar-refractivity contribution is 0.975. The first kappa shape index (κ1) is 11.5. The lowest BCUT2D eigenvalue weighted by Crippen LogP contribution is -2.02. The van der Waals surface area contributed by atoms with E-state index < -0.39 is 0 Å². The highest BCUT2D eigenvalue weighted by Gasteiger charge is 2.13. The largest absolute Gasteiger partial charge is 0.384 e. The van der Waals surface area contributed by atoms with Gasteiger partial charge in [-0.25, -0.2) is 0 Å². The van der Waals surface area contributed by atoms with Crippen LogP contribution in [0.25, 0.3) is 0 Å². The summed E-state index contributed by atoms with van der Waals surface area (Å²) in [5, 5.41) is 17.0. The number of aryl methyl sites for hydroxylation is 1. The molecule has 4 nitrogen and oxygen atoms in total. The molecular formula is C13H16N4S. The van der Waals surface area contributed by atoms with Gasteiger partial charge < -0.3 is 10.6 Å². The third-order valence-electron chi connectivity index (χ3n) is 3.13. The van der Waals surface area contributed by atoms with Gasteiger partial charge in [-0.05, 0) is 24.0 Å². The number of hydrogen-bond acceptors (Lipinski definition) is 5. The number of benzene rings is 1. The third kappa shape index (κ3) is 2.18. The summed E-state index contributed by atoms with van der Waals surface area (Å²) in [5.41, 5.74) is 4.02. The molecule has 1 aliphatic rings. The molecule has 18 heavy (non-hydrogen) atoms. The van der Waals surface area contributed by atoms with Gasteiger partial charge in [0.2, 0.25) is 5.13 Å². The molecule has 94 valence electrons. The second kappa shape index (κ2) is 4.94. The minimum Gasteiger partial charge on any atom is -0.384 e. The Labute approximate surface area is 110 Å². The summed E-state index contributed by atoms with van der Waals surface area (Å²) in [5.74, 6) is 0. The van der Waals surface area contributed by atoms with Crippen LogP contribution in [-0.2, 0) is 19.4 Å². The molecule has 2 N–H and O–H groups in total. The van der Waals surface area contributed by atoms with E-state index in [2.05, 4.69) is 46.0 Å². The normalized spacial score (nSPS) is 13.2. The molecule has 0 bridgehead atoms. The van der Waals surface area contributed by atoms with Gasteiger partial charge in [0.25, 0.3) is 0 Å². The van der Waals surface area contributed by atoms with Crippen molar-refractivity contribution in [2.75, 3.05) is 17.2 Å². The average molecular weight is 260 g/mol. The van der Waals surface area contributed by atoms with Crippen molar-refractivity contribution >= 4 is 22.2 Å². The van der Waals surface area contributed by atoms with E-state index in [1.54, 1.807) is 11.3 Å². The molecular weight excluding hydrogens is 244 g/mol. The molecule has 0 atom stereocenters. The molecule has 0 aliphatic carbocycles. The average Bonchev–Trinajstić information content (AvgIpc) is 3.05. The molecule has 1 aromatic heterocycles. The summed E-state index contributed by atoms with van der Waals surface area (Å²) < 4.78 is 0. The fraction of sp³-hybridized carbons (Fsp3) is 0.385. The Bertz CT molecular complexity index is 550. The van der Waals surface area contributed by atoms with Crippen molar-refractivity contribution in [3.05, 3.63) is 34.3 Å². The first-order valence-electron chi connectivity index (χ1n) is 6.27. The first-order valence-corrected chi connectivity index (χ1v) is 7.09. The highest BCUT2D eigenvalue weighted by atomic mass is 32.1. The van der Waals surface area contributed by atoms with Crippen molar-refractivity contribution in [3.8, 4) is 0 Å². The van der Waals surface area contributed by atoms with E-state index in [4.69, 9.17) is 0 Å². The van der Waals surface area contributed by atoms with Gasteiger partial charge in [0, 0.05) is 18.8 Å². The van der Waals surface area contributed by atoms with E-state index in [0.29, 0.717) is 0 Å². The molecule has 0 saturated heterocycles. The van der Waals surface area contributed by atoms with Crippen molar-refractivity contribution in [1.29, 1.82) is 0 Å². The molecule has 2 heterocycles. The lowest BCUT2D eigenvalue weighted by atomic mass is 10.1. The topological polar surface area (TPSA) is 49.8 Å². The summed E-state index contributed by atoms with van der Waals surface area (Å²) >= 11 is 1.63. The zero-order chi connectivity index (χ0) is 12.4. The number of rotatable bonds is 4. The van der Waals surface area contributed by atoms with E-state index in [-0.39, 0.29) is 0 Å². The molecule has 1 aliphatic heterocycles. The monoisotopic (exact) mass is 260 g/mol. The van der Waals surface area contributed by atoms with Crippen molar-refractivity contribution < 1.29 is 0 Å². The second-order valence-corrected chi connectivity index (χ2v) is 5.40. The molecule has 1 aromatic carbocycles. The highest BCUT2D eigenvalue weighted by Crippen LogP contribution is 2.27. The van der Waals surface area contributed by atoms with Crippen molar-refractivity contribution in [1.82, 2.24) is 10.2 Å². The Balaban J connectivity index is 1.72. The van der Waals surface area contributed by atoms with Crippen LogP contribution in [0.5, 0.6) is 0 Å². The number of para-hydroxylation sites is 1. The van der Waals surface area contributed by atoms with E-state index >= 15 is 0 Å². The molecule has 0 spiro atoms. The third-order valence-corrected chi connectivity index (χ3v) is 4.16.